The van der Waals surface area contributed by atoms with E-state index in [0.29, 0.717) is 28.6 Å². The second kappa shape index (κ2) is 4.22. The number of phenols is 1. The fourth-order valence-corrected chi connectivity index (χ4v) is 2.97. The maximum absolute atomic E-state index is 11.4. The van der Waals surface area contributed by atoms with Crippen molar-refractivity contribution >= 4 is 21.9 Å². The minimum absolute atomic E-state index is 0.0797. The van der Waals surface area contributed by atoms with E-state index in [4.69, 9.17) is 4.74 Å². The molecule has 1 aliphatic carbocycles. The maximum Gasteiger partial charge on any atom is 0.314 e. The molecule has 17 heavy (non-hydrogen) atoms. The summed E-state index contributed by atoms with van der Waals surface area (Å²) in [5.74, 6) is -0.673. The van der Waals surface area contributed by atoms with Gasteiger partial charge in [0.15, 0.2) is 11.5 Å². The van der Waals surface area contributed by atoms with Crippen LogP contribution in [0, 0.1) is 0 Å². The van der Waals surface area contributed by atoms with Gasteiger partial charge in [-0.1, -0.05) is 22.4 Å². The number of hydrogen-bond donors (Lipinski definition) is 2. The quantitative estimate of drug-likeness (QED) is 0.900. The second-order valence-electron chi connectivity index (χ2n) is 4.21. The SMILES string of the molecule is COc1ccc(Br)c(C2(C(=O)O)CCC2)c1O. The second-order valence-corrected chi connectivity index (χ2v) is 5.07. The summed E-state index contributed by atoms with van der Waals surface area (Å²) < 4.78 is 5.63. The van der Waals surface area contributed by atoms with Gasteiger partial charge in [-0.3, -0.25) is 4.79 Å². The molecule has 0 unspecified atom stereocenters. The van der Waals surface area contributed by atoms with Crippen LogP contribution in [0.3, 0.4) is 0 Å². The van der Waals surface area contributed by atoms with E-state index in [1.165, 1.54) is 7.11 Å². The average molecular weight is 301 g/mol. The van der Waals surface area contributed by atoms with Crippen molar-refractivity contribution in [1.29, 1.82) is 0 Å². The van der Waals surface area contributed by atoms with Crippen molar-refractivity contribution in [3.8, 4) is 11.5 Å². The lowest BCUT2D eigenvalue weighted by atomic mass is 9.64. The molecule has 0 saturated heterocycles. The van der Waals surface area contributed by atoms with Crippen LogP contribution in [0.5, 0.6) is 11.5 Å². The molecule has 0 radical (unpaired) electrons. The summed E-state index contributed by atoms with van der Waals surface area (Å²) in [6.07, 6.45) is 1.94. The van der Waals surface area contributed by atoms with Gasteiger partial charge in [-0.05, 0) is 25.0 Å². The number of carboxylic acids is 1. The summed E-state index contributed by atoms with van der Waals surface area (Å²) >= 11 is 3.31. The van der Waals surface area contributed by atoms with Crippen LogP contribution in [-0.4, -0.2) is 23.3 Å². The zero-order valence-corrected chi connectivity index (χ0v) is 11.0. The predicted octanol–water partition coefficient (Wildman–Crippen LogP) is 2.67. The van der Waals surface area contributed by atoms with Crippen LogP contribution in [0.15, 0.2) is 16.6 Å². The van der Waals surface area contributed by atoms with Crippen LogP contribution in [-0.2, 0) is 10.2 Å². The fourth-order valence-electron chi connectivity index (χ4n) is 2.27. The molecule has 0 aromatic heterocycles. The van der Waals surface area contributed by atoms with E-state index in [0.717, 1.165) is 6.42 Å². The van der Waals surface area contributed by atoms with Crippen LogP contribution in [0.2, 0.25) is 0 Å². The monoisotopic (exact) mass is 300 g/mol. The van der Waals surface area contributed by atoms with E-state index in [1.807, 2.05) is 0 Å². The molecule has 2 rings (SSSR count). The molecule has 0 atom stereocenters. The van der Waals surface area contributed by atoms with E-state index < -0.39 is 11.4 Å². The van der Waals surface area contributed by atoms with Gasteiger partial charge < -0.3 is 14.9 Å². The molecule has 1 aromatic rings. The third kappa shape index (κ3) is 1.69. The fraction of sp³-hybridized carbons (Fsp3) is 0.417. The third-order valence-electron chi connectivity index (χ3n) is 3.41. The number of carbonyl (C=O) groups is 1. The first kappa shape index (κ1) is 12.2. The van der Waals surface area contributed by atoms with Gasteiger partial charge in [-0.25, -0.2) is 0 Å². The Morgan fingerprint density at radius 1 is 1.47 bits per heavy atom. The Morgan fingerprint density at radius 2 is 2.12 bits per heavy atom. The zero-order valence-electron chi connectivity index (χ0n) is 9.36. The van der Waals surface area contributed by atoms with Crippen molar-refractivity contribution < 1.29 is 19.7 Å². The van der Waals surface area contributed by atoms with E-state index in [-0.39, 0.29) is 5.75 Å². The normalized spacial score (nSPS) is 17.3. The van der Waals surface area contributed by atoms with Crippen molar-refractivity contribution in [1.82, 2.24) is 0 Å². The van der Waals surface area contributed by atoms with Gasteiger partial charge >= 0.3 is 5.97 Å². The highest BCUT2D eigenvalue weighted by Crippen LogP contribution is 2.52. The van der Waals surface area contributed by atoms with E-state index in [1.54, 1.807) is 12.1 Å². The van der Waals surface area contributed by atoms with Gasteiger partial charge in [0.05, 0.1) is 12.5 Å². The van der Waals surface area contributed by atoms with Crippen molar-refractivity contribution in [3.63, 3.8) is 0 Å². The summed E-state index contributed by atoms with van der Waals surface area (Å²) in [5, 5.41) is 19.5. The van der Waals surface area contributed by atoms with E-state index in [2.05, 4.69) is 15.9 Å². The van der Waals surface area contributed by atoms with Gasteiger partial charge in [0, 0.05) is 10.0 Å². The van der Waals surface area contributed by atoms with Crippen molar-refractivity contribution in [2.24, 2.45) is 0 Å². The highest BCUT2D eigenvalue weighted by atomic mass is 79.9. The Balaban J connectivity index is 2.61. The molecule has 1 saturated carbocycles. The molecule has 0 aliphatic heterocycles. The smallest absolute Gasteiger partial charge is 0.314 e. The lowest BCUT2D eigenvalue weighted by molar-refractivity contribution is -0.147. The molecule has 2 N–H and O–H groups in total. The number of ether oxygens (including phenoxy) is 1. The van der Waals surface area contributed by atoms with Gasteiger partial charge in [-0.2, -0.15) is 0 Å². The van der Waals surface area contributed by atoms with Crippen molar-refractivity contribution in [3.05, 3.63) is 22.2 Å². The summed E-state index contributed by atoms with van der Waals surface area (Å²) in [6.45, 7) is 0. The first-order valence-electron chi connectivity index (χ1n) is 5.32. The molecule has 4 nitrogen and oxygen atoms in total. The number of halogens is 1. The molecule has 1 aliphatic rings. The van der Waals surface area contributed by atoms with Gasteiger partial charge in [-0.15, -0.1) is 0 Å². The molecule has 0 heterocycles. The molecule has 0 amide bonds. The molecule has 1 aromatic carbocycles. The number of carboxylic acid groups (broad SMARTS) is 1. The van der Waals surface area contributed by atoms with E-state index >= 15 is 0 Å². The molecule has 0 spiro atoms. The van der Waals surface area contributed by atoms with Crippen LogP contribution in [0.4, 0.5) is 0 Å². The molecule has 1 fully saturated rings. The van der Waals surface area contributed by atoms with Crippen LogP contribution < -0.4 is 4.74 Å². The lowest BCUT2D eigenvalue weighted by Crippen LogP contribution is -2.42. The number of phenolic OH excluding ortho intramolecular Hbond substituents is 1. The zero-order chi connectivity index (χ0) is 12.6. The number of aromatic hydroxyl groups is 1. The Hall–Kier alpha value is -1.23. The van der Waals surface area contributed by atoms with Crippen LogP contribution >= 0.6 is 15.9 Å². The summed E-state index contributed by atoms with van der Waals surface area (Å²) in [5.41, 5.74) is -0.548. The average Bonchev–Trinajstić information content (AvgIpc) is 2.21. The van der Waals surface area contributed by atoms with Gasteiger partial charge in [0.25, 0.3) is 0 Å². The van der Waals surface area contributed by atoms with Crippen LogP contribution in [0.25, 0.3) is 0 Å². The van der Waals surface area contributed by atoms with Crippen molar-refractivity contribution in [2.75, 3.05) is 7.11 Å². The molecular formula is C12H13BrO4. The largest absolute Gasteiger partial charge is 0.504 e. The minimum atomic E-state index is -0.975. The first-order valence-corrected chi connectivity index (χ1v) is 6.11. The van der Waals surface area contributed by atoms with Gasteiger partial charge in [0.1, 0.15) is 0 Å². The molecule has 5 heteroatoms. The molecule has 92 valence electrons. The summed E-state index contributed by atoms with van der Waals surface area (Å²) in [4.78, 5) is 11.4. The number of rotatable bonds is 3. The first-order chi connectivity index (χ1) is 8.03. The number of methoxy groups -OCH3 is 1. The number of benzene rings is 1. The standard InChI is InChI=1S/C12H13BrO4/c1-17-8-4-3-7(13)9(10(8)14)12(11(15)16)5-2-6-12/h3-4,14H,2,5-6H2,1H3,(H,15,16). The highest BCUT2D eigenvalue weighted by Gasteiger charge is 2.49. The number of hydrogen-bond acceptors (Lipinski definition) is 3. The van der Waals surface area contributed by atoms with Crippen LogP contribution in [0.1, 0.15) is 24.8 Å². The van der Waals surface area contributed by atoms with Crippen molar-refractivity contribution in [2.45, 2.75) is 24.7 Å². The highest BCUT2D eigenvalue weighted by molar-refractivity contribution is 9.10. The molecular weight excluding hydrogens is 288 g/mol. The maximum atomic E-state index is 11.4. The minimum Gasteiger partial charge on any atom is -0.504 e. The molecule has 0 bridgehead atoms. The summed E-state index contributed by atoms with van der Waals surface area (Å²) in [6, 6.07) is 3.31. The Labute approximate surface area is 107 Å². The Bertz CT molecular complexity index is 466. The predicted molar refractivity (Wildman–Crippen MR) is 65.5 cm³/mol. The lowest BCUT2D eigenvalue weighted by Gasteiger charge is -2.39. The summed E-state index contributed by atoms with van der Waals surface area (Å²) in [7, 11) is 1.45. The van der Waals surface area contributed by atoms with E-state index in [9.17, 15) is 15.0 Å². The topological polar surface area (TPSA) is 66.8 Å². The number of aliphatic carboxylic acids is 1. The third-order valence-corrected chi connectivity index (χ3v) is 4.07. The Morgan fingerprint density at radius 3 is 2.53 bits per heavy atom. The Kier molecular flexibility index (Phi) is 3.03. The van der Waals surface area contributed by atoms with Gasteiger partial charge in [0.2, 0.25) is 0 Å².